The third-order valence-corrected chi connectivity index (χ3v) is 11.4. The van der Waals surface area contributed by atoms with Gasteiger partial charge in [-0.15, -0.1) is 10.2 Å². The Bertz CT molecular complexity index is 1680. The summed E-state index contributed by atoms with van der Waals surface area (Å²) in [5.41, 5.74) is 2.37. The Hall–Kier alpha value is -2.83. The van der Waals surface area contributed by atoms with Gasteiger partial charge in [-0.05, 0) is 57.2 Å². The van der Waals surface area contributed by atoms with E-state index in [1.807, 2.05) is 18.2 Å². The number of nitrogens with one attached hydrogen (secondary N) is 1. The van der Waals surface area contributed by atoms with Crippen LogP contribution in [-0.2, 0) is 20.0 Å². The maximum absolute atomic E-state index is 13.4. The molecule has 1 saturated carbocycles. The average molecular weight is 559 g/mol. The monoisotopic (exact) mass is 558 g/mol. The topological polar surface area (TPSA) is 128 Å². The lowest BCUT2D eigenvalue weighted by Gasteiger charge is -2.17. The molecule has 0 saturated heterocycles. The highest BCUT2D eigenvalue weighted by Gasteiger charge is 2.39. The molecule has 1 aliphatic rings. The van der Waals surface area contributed by atoms with Crippen LogP contribution in [-0.4, -0.2) is 51.7 Å². The molecular formula is C26H34N6O4S2. The Kier molecular flexibility index (Phi) is 7.08. The van der Waals surface area contributed by atoms with Gasteiger partial charge in [-0.3, -0.25) is 4.40 Å². The molecule has 3 aromatic heterocycles. The molecule has 5 rings (SSSR count). The number of hydrogen-bond acceptors (Lipinski definition) is 7. The van der Waals surface area contributed by atoms with Crippen LogP contribution in [0.25, 0.3) is 16.8 Å². The van der Waals surface area contributed by atoms with Crippen molar-refractivity contribution < 1.29 is 16.8 Å². The van der Waals surface area contributed by atoms with E-state index in [4.69, 9.17) is 0 Å². The lowest BCUT2D eigenvalue weighted by Crippen LogP contribution is -2.38. The zero-order valence-electron chi connectivity index (χ0n) is 22.1. The fraction of sp³-hybridized carbons (Fsp3) is 0.500. The summed E-state index contributed by atoms with van der Waals surface area (Å²) in [7, 11) is -7.28. The minimum atomic E-state index is -3.86. The quantitative estimate of drug-likeness (QED) is 0.329. The lowest BCUT2D eigenvalue weighted by atomic mass is 9.93. The van der Waals surface area contributed by atoms with E-state index < -0.39 is 25.3 Å². The number of benzene rings is 1. The van der Waals surface area contributed by atoms with Crippen molar-refractivity contribution in [1.29, 1.82) is 0 Å². The number of aryl methyl sites for hydroxylation is 1. The van der Waals surface area contributed by atoms with Gasteiger partial charge in [0.25, 0.3) is 10.0 Å². The van der Waals surface area contributed by atoms with Gasteiger partial charge in [0.2, 0.25) is 10.0 Å². The van der Waals surface area contributed by atoms with Crippen molar-refractivity contribution in [3.05, 3.63) is 54.1 Å². The molecule has 12 heteroatoms. The van der Waals surface area contributed by atoms with Crippen LogP contribution in [0.2, 0.25) is 0 Å². The number of nitrogens with zero attached hydrogens (tertiary/aromatic N) is 5. The molecule has 204 valence electrons. The molecule has 4 atom stereocenters. The van der Waals surface area contributed by atoms with Crippen molar-refractivity contribution in [3.8, 4) is 0 Å². The van der Waals surface area contributed by atoms with E-state index in [-0.39, 0.29) is 28.4 Å². The highest BCUT2D eigenvalue weighted by molar-refractivity contribution is 7.90. The first-order chi connectivity index (χ1) is 18.1. The minimum Gasteiger partial charge on any atom is -0.274 e. The third-order valence-electron chi connectivity index (χ3n) is 7.75. The summed E-state index contributed by atoms with van der Waals surface area (Å²) in [5.74, 6) is 0.873. The lowest BCUT2D eigenvalue weighted by molar-refractivity contribution is 0.449. The second-order valence-corrected chi connectivity index (χ2v) is 14.3. The molecule has 1 fully saturated rings. The van der Waals surface area contributed by atoms with Crippen LogP contribution >= 0.6 is 0 Å². The van der Waals surface area contributed by atoms with E-state index in [9.17, 15) is 16.8 Å². The van der Waals surface area contributed by atoms with E-state index in [0.717, 1.165) is 18.4 Å². The summed E-state index contributed by atoms with van der Waals surface area (Å²) in [5, 5.41) is 8.38. The van der Waals surface area contributed by atoms with Gasteiger partial charge >= 0.3 is 0 Å². The van der Waals surface area contributed by atoms with Crippen LogP contribution in [0.15, 0.2) is 47.6 Å². The molecule has 0 bridgehead atoms. The van der Waals surface area contributed by atoms with Crippen LogP contribution in [0.1, 0.15) is 70.2 Å². The van der Waals surface area contributed by atoms with Crippen molar-refractivity contribution in [2.75, 3.05) is 0 Å². The average Bonchev–Trinajstić information content (AvgIpc) is 3.60. The zero-order valence-corrected chi connectivity index (χ0v) is 23.7. The Morgan fingerprint density at radius 3 is 2.47 bits per heavy atom. The molecule has 1 N–H and O–H groups in total. The summed E-state index contributed by atoms with van der Waals surface area (Å²) in [6, 6.07) is 8.24. The summed E-state index contributed by atoms with van der Waals surface area (Å²) >= 11 is 0. The molecule has 10 nitrogen and oxygen atoms in total. The Labute approximate surface area is 223 Å². The Morgan fingerprint density at radius 1 is 1.05 bits per heavy atom. The predicted octanol–water partition coefficient (Wildman–Crippen LogP) is 4.00. The van der Waals surface area contributed by atoms with E-state index in [2.05, 4.69) is 26.8 Å². The molecule has 1 unspecified atom stereocenters. The minimum absolute atomic E-state index is 0.0353. The van der Waals surface area contributed by atoms with Crippen LogP contribution in [0.5, 0.6) is 0 Å². The Balaban J connectivity index is 1.53. The van der Waals surface area contributed by atoms with Gasteiger partial charge in [0.1, 0.15) is 5.82 Å². The molecule has 4 aromatic rings. The molecule has 0 spiro atoms. The van der Waals surface area contributed by atoms with Gasteiger partial charge in [0.15, 0.2) is 11.3 Å². The number of sulfonamides is 1. The van der Waals surface area contributed by atoms with E-state index in [1.54, 1.807) is 37.3 Å². The SMILES string of the molecule is CCCC(C)S(=O)(=O)N[C@H]1C[C@@H](CC)[C@@H](c2nnc3cnc4c(ccn4S(=O)(=O)c4ccc(C)cc4)n23)C1. The second kappa shape index (κ2) is 10.0. The van der Waals surface area contributed by atoms with Crippen LogP contribution in [0.3, 0.4) is 0 Å². The van der Waals surface area contributed by atoms with E-state index in [0.29, 0.717) is 36.3 Å². The number of aromatic nitrogens is 5. The number of rotatable bonds is 9. The normalized spacial score (nSPS) is 21.4. The summed E-state index contributed by atoms with van der Waals surface area (Å²) < 4.78 is 58.6. The first-order valence-corrected chi connectivity index (χ1v) is 16.1. The van der Waals surface area contributed by atoms with Crippen molar-refractivity contribution >= 4 is 36.9 Å². The molecule has 3 heterocycles. The standard InChI is InChI=1S/C26H34N6O4S2/c1-5-7-18(4)37(33,34)30-20-14-19(6-2)22(15-20)25-29-28-24-16-27-26-23(32(24)25)12-13-31(26)38(35,36)21-10-8-17(3)9-11-21/h8-13,16,18-20,22,30H,5-7,14-15H2,1-4H3/t18?,19-,20+,22+/m1/s1. The van der Waals surface area contributed by atoms with Crippen molar-refractivity contribution in [1.82, 2.24) is 28.3 Å². The van der Waals surface area contributed by atoms with Gasteiger partial charge in [0.05, 0.1) is 21.9 Å². The largest absolute Gasteiger partial charge is 0.274 e. The molecule has 0 radical (unpaired) electrons. The van der Waals surface area contributed by atoms with Crippen LogP contribution in [0, 0.1) is 12.8 Å². The third kappa shape index (κ3) is 4.62. The maximum atomic E-state index is 13.4. The highest BCUT2D eigenvalue weighted by Crippen LogP contribution is 2.42. The summed E-state index contributed by atoms with van der Waals surface area (Å²) in [6.45, 7) is 7.73. The van der Waals surface area contributed by atoms with E-state index in [1.165, 1.54) is 16.4 Å². The summed E-state index contributed by atoms with van der Waals surface area (Å²) in [6.07, 6.45) is 6.64. The van der Waals surface area contributed by atoms with Crippen molar-refractivity contribution in [2.45, 2.75) is 81.9 Å². The fourth-order valence-corrected chi connectivity index (χ4v) is 8.34. The molecule has 0 amide bonds. The van der Waals surface area contributed by atoms with E-state index >= 15 is 0 Å². The van der Waals surface area contributed by atoms with Gasteiger partial charge in [0, 0.05) is 18.2 Å². The zero-order chi connectivity index (χ0) is 27.2. The number of hydrogen-bond donors (Lipinski definition) is 1. The molecule has 1 aromatic carbocycles. The summed E-state index contributed by atoms with van der Waals surface area (Å²) in [4.78, 5) is 4.61. The second-order valence-electron chi connectivity index (χ2n) is 10.4. The molecule has 1 aliphatic carbocycles. The van der Waals surface area contributed by atoms with Crippen molar-refractivity contribution in [3.63, 3.8) is 0 Å². The molecule has 0 aliphatic heterocycles. The number of fused-ring (bicyclic) bond motifs is 3. The highest BCUT2D eigenvalue weighted by atomic mass is 32.2. The van der Waals surface area contributed by atoms with Gasteiger partial charge in [-0.1, -0.05) is 44.4 Å². The predicted molar refractivity (Wildman–Crippen MR) is 146 cm³/mol. The fourth-order valence-electron chi connectivity index (χ4n) is 5.61. The molecular weight excluding hydrogens is 524 g/mol. The van der Waals surface area contributed by atoms with Crippen LogP contribution < -0.4 is 4.72 Å². The Morgan fingerprint density at radius 2 is 1.79 bits per heavy atom. The van der Waals surface area contributed by atoms with Crippen LogP contribution in [0.4, 0.5) is 0 Å². The van der Waals surface area contributed by atoms with Gasteiger partial charge in [-0.25, -0.2) is 30.5 Å². The molecule has 38 heavy (non-hydrogen) atoms. The van der Waals surface area contributed by atoms with Gasteiger partial charge in [-0.2, -0.15) is 0 Å². The first kappa shape index (κ1) is 26.8. The first-order valence-electron chi connectivity index (χ1n) is 13.1. The van der Waals surface area contributed by atoms with Crippen molar-refractivity contribution in [2.24, 2.45) is 5.92 Å². The maximum Gasteiger partial charge on any atom is 0.269 e. The smallest absolute Gasteiger partial charge is 0.269 e. The van der Waals surface area contributed by atoms with Gasteiger partial charge < -0.3 is 0 Å².